The van der Waals surface area contributed by atoms with Gasteiger partial charge in [-0.2, -0.15) is 0 Å². The predicted octanol–water partition coefficient (Wildman–Crippen LogP) is 0.319. The minimum Gasteiger partial charge on any atom is -0.480 e. The summed E-state index contributed by atoms with van der Waals surface area (Å²) in [6.45, 7) is 2.63. The van der Waals surface area contributed by atoms with E-state index >= 15 is 0 Å². The van der Waals surface area contributed by atoms with Crippen LogP contribution in [-0.2, 0) is 14.8 Å². The number of hydrogen-bond acceptors (Lipinski definition) is 4. The lowest BCUT2D eigenvalue weighted by Crippen LogP contribution is -2.51. The number of rotatable bonds is 4. The van der Waals surface area contributed by atoms with Crippen LogP contribution in [0.15, 0.2) is 29.2 Å². The predicted molar refractivity (Wildman–Crippen MR) is 71.7 cm³/mol. The quantitative estimate of drug-likeness (QED) is 0.634. The molecule has 1 aromatic rings. The Hall–Kier alpha value is -2.13. The minimum absolute atomic E-state index is 0.159. The van der Waals surface area contributed by atoms with E-state index in [1.807, 2.05) is 0 Å². The highest BCUT2D eigenvalue weighted by Crippen LogP contribution is 2.14. The average Bonchev–Trinajstić information content (AvgIpc) is 2.26. The van der Waals surface area contributed by atoms with Gasteiger partial charge in [-0.3, -0.25) is 0 Å². The maximum atomic E-state index is 11.6. The van der Waals surface area contributed by atoms with Gasteiger partial charge in [0.15, 0.2) is 0 Å². The molecule has 5 N–H and O–H groups in total. The third kappa shape index (κ3) is 4.21. The highest BCUT2D eigenvalue weighted by molar-refractivity contribution is 7.89. The Labute approximate surface area is 116 Å². The normalized spacial score (nSPS) is 11.8. The molecule has 0 spiro atoms. The molecule has 0 heterocycles. The number of hydrogen-bond donors (Lipinski definition) is 4. The number of carboxylic acids is 1. The maximum absolute atomic E-state index is 11.6. The van der Waals surface area contributed by atoms with Crippen LogP contribution in [0.4, 0.5) is 10.5 Å². The van der Waals surface area contributed by atoms with E-state index in [2.05, 4.69) is 10.6 Å². The topological polar surface area (TPSA) is 139 Å². The Kier molecular flexibility index (Phi) is 4.36. The van der Waals surface area contributed by atoms with Crippen LogP contribution in [0.5, 0.6) is 0 Å². The van der Waals surface area contributed by atoms with Crippen molar-refractivity contribution in [2.45, 2.75) is 24.3 Å². The van der Waals surface area contributed by atoms with Crippen LogP contribution in [0.25, 0.3) is 0 Å². The molecular weight excluding hydrogens is 286 g/mol. The monoisotopic (exact) mass is 301 g/mol. The van der Waals surface area contributed by atoms with Crippen molar-refractivity contribution in [3.8, 4) is 0 Å². The van der Waals surface area contributed by atoms with Crippen LogP contribution in [0.2, 0.25) is 0 Å². The lowest BCUT2D eigenvalue weighted by molar-refractivity contribution is -0.142. The Balaban J connectivity index is 2.85. The van der Waals surface area contributed by atoms with Crippen LogP contribution in [0, 0.1) is 0 Å². The lowest BCUT2D eigenvalue weighted by atomic mass is 10.1. The molecule has 1 rings (SSSR count). The van der Waals surface area contributed by atoms with E-state index < -0.39 is 27.6 Å². The number of benzene rings is 1. The van der Waals surface area contributed by atoms with Crippen LogP contribution in [-0.4, -0.2) is 31.1 Å². The summed E-state index contributed by atoms with van der Waals surface area (Å²) in [6.07, 6.45) is 0. The van der Waals surface area contributed by atoms with E-state index in [0.29, 0.717) is 0 Å². The highest BCUT2D eigenvalue weighted by atomic mass is 32.2. The Morgan fingerprint density at radius 3 is 2.40 bits per heavy atom. The zero-order valence-corrected chi connectivity index (χ0v) is 11.7. The molecule has 0 aromatic heterocycles. The summed E-state index contributed by atoms with van der Waals surface area (Å²) in [5.74, 6) is -1.20. The number of carboxylic acid groups (broad SMARTS) is 1. The van der Waals surface area contributed by atoms with Gasteiger partial charge in [0.25, 0.3) is 0 Å². The summed E-state index contributed by atoms with van der Waals surface area (Å²) < 4.78 is 22.3. The first kappa shape index (κ1) is 15.9. The van der Waals surface area contributed by atoms with E-state index in [1.165, 1.54) is 38.1 Å². The number of carbonyl (C=O) groups excluding carboxylic acids is 1. The van der Waals surface area contributed by atoms with Crippen molar-refractivity contribution in [2.75, 3.05) is 5.32 Å². The van der Waals surface area contributed by atoms with Crippen molar-refractivity contribution >= 4 is 27.7 Å². The summed E-state index contributed by atoms with van der Waals surface area (Å²) in [7, 11) is -3.88. The molecule has 1 aromatic carbocycles. The first-order valence-electron chi connectivity index (χ1n) is 5.48. The standard InChI is InChI=1S/C11H15N3O5S/c1-11(2,9(15)16)14-10(17)13-7-4-3-5-8(6-7)20(12,18)19/h3-6H,1-2H3,(H,15,16)(H2,12,18,19)(H2,13,14,17). The Morgan fingerprint density at radius 1 is 1.30 bits per heavy atom. The molecule has 8 nitrogen and oxygen atoms in total. The largest absolute Gasteiger partial charge is 0.480 e. The van der Waals surface area contributed by atoms with Gasteiger partial charge in [-0.25, -0.2) is 23.1 Å². The van der Waals surface area contributed by atoms with Gasteiger partial charge >= 0.3 is 12.0 Å². The fourth-order valence-corrected chi connectivity index (χ4v) is 1.81. The number of amides is 2. The molecule has 0 fully saturated rings. The van der Waals surface area contributed by atoms with Crippen molar-refractivity contribution in [1.82, 2.24) is 5.32 Å². The minimum atomic E-state index is -3.88. The second-order valence-electron chi connectivity index (χ2n) is 4.58. The first-order chi connectivity index (χ1) is 9.02. The van der Waals surface area contributed by atoms with E-state index in [1.54, 1.807) is 0 Å². The van der Waals surface area contributed by atoms with Crippen molar-refractivity contribution < 1.29 is 23.1 Å². The van der Waals surface area contributed by atoms with Crippen LogP contribution in [0.1, 0.15) is 13.8 Å². The molecule has 110 valence electrons. The zero-order chi connectivity index (χ0) is 15.6. The molecule has 0 aliphatic carbocycles. The summed E-state index contributed by atoms with van der Waals surface area (Å²) >= 11 is 0. The summed E-state index contributed by atoms with van der Waals surface area (Å²) in [5.41, 5.74) is -1.28. The van der Waals surface area contributed by atoms with Gasteiger partial charge in [0, 0.05) is 5.69 Å². The van der Waals surface area contributed by atoms with Gasteiger partial charge in [-0.15, -0.1) is 0 Å². The Bertz CT molecular complexity index is 639. The fourth-order valence-electron chi connectivity index (χ4n) is 1.25. The molecule has 0 bridgehead atoms. The Morgan fingerprint density at radius 2 is 1.90 bits per heavy atom. The molecule has 0 radical (unpaired) electrons. The van der Waals surface area contributed by atoms with E-state index in [9.17, 15) is 18.0 Å². The molecule has 0 aliphatic rings. The second-order valence-corrected chi connectivity index (χ2v) is 6.14. The maximum Gasteiger partial charge on any atom is 0.328 e. The number of anilines is 1. The number of aliphatic carboxylic acids is 1. The number of carbonyl (C=O) groups is 2. The van der Waals surface area contributed by atoms with Crippen molar-refractivity contribution in [1.29, 1.82) is 0 Å². The lowest BCUT2D eigenvalue weighted by Gasteiger charge is -2.21. The molecule has 0 unspecified atom stereocenters. The van der Waals surface area contributed by atoms with E-state index in [0.717, 1.165) is 0 Å². The number of sulfonamides is 1. The third-order valence-corrected chi connectivity index (χ3v) is 3.29. The first-order valence-corrected chi connectivity index (χ1v) is 7.02. The van der Waals surface area contributed by atoms with Gasteiger partial charge in [0.2, 0.25) is 10.0 Å². The van der Waals surface area contributed by atoms with Gasteiger partial charge in [-0.1, -0.05) is 6.07 Å². The number of nitrogens with two attached hydrogens (primary N) is 1. The average molecular weight is 301 g/mol. The number of primary sulfonamides is 1. The third-order valence-electron chi connectivity index (χ3n) is 2.38. The van der Waals surface area contributed by atoms with E-state index in [4.69, 9.17) is 10.2 Å². The SMILES string of the molecule is CC(C)(NC(=O)Nc1cccc(S(N)(=O)=O)c1)C(=O)O. The summed E-state index contributed by atoms with van der Waals surface area (Å²) in [5, 5.41) is 18.4. The second kappa shape index (κ2) is 5.47. The van der Waals surface area contributed by atoms with Crippen LogP contribution < -0.4 is 15.8 Å². The van der Waals surface area contributed by atoms with Gasteiger partial charge < -0.3 is 15.7 Å². The van der Waals surface area contributed by atoms with Crippen LogP contribution >= 0.6 is 0 Å². The van der Waals surface area contributed by atoms with Crippen LogP contribution in [0.3, 0.4) is 0 Å². The van der Waals surface area contributed by atoms with Crippen molar-refractivity contribution in [2.24, 2.45) is 5.14 Å². The van der Waals surface area contributed by atoms with Gasteiger partial charge in [0.05, 0.1) is 4.90 Å². The zero-order valence-electron chi connectivity index (χ0n) is 10.9. The van der Waals surface area contributed by atoms with Crippen molar-refractivity contribution in [3.05, 3.63) is 24.3 Å². The van der Waals surface area contributed by atoms with Gasteiger partial charge in [0.1, 0.15) is 5.54 Å². The molecule has 0 aliphatic heterocycles. The molecule has 0 atom stereocenters. The summed E-state index contributed by atoms with van der Waals surface area (Å²) in [6, 6.07) is 4.52. The molecule has 0 saturated heterocycles. The molecule has 0 saturated carbocycles. The van der Waals surface area contributed by atoms with Gasteiger partial charge in [-0.05, 0) is 32.0 Å². The highest BCUT2D eigenvalue weighted by Gasteiger charge is 2.28. The smallest absolute Gasteiger partial charge is 0.328 e. The molecule has 20 heavy (non-hydrogen) atoms. The number of urea groups is 1. The van der Waals surface area contributed by atoms with Crippen molar-refractivity contribution in [3.63, 3.8) is 0 Å². The fraction of sp³-hybridized carbons (Fsp3) is 0.273. The van der Waals surface area contributed by atoms with E-state index in [-0.39, 0.29) is 10.6 Å². The summed E-state index contributed by atoms with van der Waals surface area (Å²) in [4.78, 5) is 22.3. The molecule has 9 heteroatoms. The number of nitrogens with one attached hydrogen (secondary N) is 2. The molecule has 2 amide bonds. The molecular formula is C11H15N3O5S.